The van der Waals surface area contributed by atoms with Crippen molar-refractivity contribution in [3.63, 3.8) is 0 Å². The van der Waals surface area contributed by atoms with Crippen molar-refractivity contribution in [3.05, 3.63) is 54.0 Å². The van der Waals surface area contributed by atoms with E-state index >= 15 is 0 Å². The molecule has 0 unspecified atom stereocenters. The third-order valence-corrected chi connectivity index (χ3v) is 4.04. The number of hydrogen-bond donors (Lipinski definition) is 1. The molecule has 1 saturated heterocycles. The standard InChI is InChI=1S/C17H22N4/c1-14-5-6-15(12-19-14)13-20-16-7-10-21(11-8-16)17-4-2-3-9-18-17/h2-6,9,12,16,20H,7-8,10-11,13H2,1H3. The Kier molecular flexibility index (Phi) is 4.46. The van der Waals surface area contributed by atoms with E-state index in [-0.39, 0.29) is 0 Å². The minimum Gasteiger partial charge on any atom is -0.357 e. The van der Waals surface area contributed by atoms with Gasteiger partial charge in [0.2, 0.25) is 0 Å². The van der Waals surface area contributed by atoms with Crippen LogP contribution in [-0.4, -0.2) is 29.1 Å². The van der Waals surface area contributed by atoms with E-state index in [9.17, 15) is 0 Å². The van der Waals surface area contributed by atoms with Gasteiger partial charge >= 0.3 is 0 Å². The lowest BCUT2D eigenvalue weighted by Crippen LogP contribution is -2.42. The highest BCUT2D eigenvalue weighted by Gasteiger charge is 2.19. The van der Waals surface area contributed by atoms with Crippen molar-refractivity contribution in [3.8, 4) is 0 Å². The number of aromatic nitrogens is 2. The summed E-state index contributed by atoms with van der Waals surface area (Å²) < 4.78 is 0. The lowest BCUT2D eigenvalue weighted by molar-refractivity contribution is 0.412. The van der Waals surface area contributed by atoms with E-state index in [0.717, 1.165) is 44.0 Å². The Morgan fingerprint density at radius 3 is 2.67 bits per heavy atom. The summed E-state index contributed by atoms with van der Waals surface area (Å²) in [6.07, 6.45) is 6.15. The predicted octanol–water partition coefficient (Wildman–Crippen LogP) is 2.54. The van der Waals surface area contributed by atoms with E-state index in [1.165, 1.54) is 5.56 Å². The van der Waals surface area contributed by atoms with Crippen LogP contribution in [0.25, 0.3) is 0 Å². The van der Waals surface area contributed by atoms with E-state index in [1.807, 2.05) is 25.4 Å². The van der Waals surface area contributed by atoms with Gasteiger partial charge in [-0.2, -0.15) is 0 Å². The molecule has 2 aromatic rings. The molecule has 110 valence electrons. The van der Waals surface area contributed by atoms with E-state index in [1.54, 1.807) is 0 Å². The Morgan fingerprint density at radius 1 is 1.14 bits per heavy atom. The minimum absolute atomic E-state index is 0.589. The Balaban J connectivity index is 1.47. The average molecular weight is 282 g/mol. The first-order chi connectivity index (χ1) is 10.3. The normalized spacial score (nSPS) is 16.1. The van der Waals surface area contributed by atoms with Crippen LogP contribution in [0.1, 0.15) is 24.1 Å². The second-order valence-corrected chi connectivity index (χ2v) is 5.64. The van der Waals surface area contributed by atoms with Crippen LogP contribution in [0.3, 0.4) is 0 Å². The second kappa shape index (κ2) is 6.68. The van der Waals surface area contributed by atoms with Gasteiger partial charge in [0.05, 0.1) is 0 Å². The number of rotatable bonds is 4. The molecule has 3 heterocycles. The van der Waals surface area contributed by atoms with Crippen LogP contribution in [0.15, 0.2) is 42.7 Å². The first kappa shape index (κ1) is 14.0. The number of nitrogens with zero attached hydrogens (tertiary/aromatic N) is 3. The number of hydrogen-bond acceptors (Lipinski definition) is 4. The van der Waals surface area contributed by atoms with Crippen molar-refractivity contribution in [1.82, 2.24) is 15.3 Å². The zero-order valence-corrected chi connectivity index (χ0v) is 12.5. The SMILES string of the molecule is Cc1ccc(CNC2CCN(c3ccccn3)CC2)cn1. The van der Waals surface area contributed by atoms with Crippen molar-refractivity contribution in [1.29, 1.82) is 0 Å². The van der Waals surface area contributed by atoms with Gasteiger partial charge in [0.15, 0.2) is 0 Å². The summed E-state index contributed by atoms with van der Waals surface area (Å²) in [4.78, 5) is 11.1. The average Bonchev–Trinajstić information content (AvgIpc) is 2.56. The number of nitrogens with one attached hydrogen (secondary N) is 1. The summed E-state index contributed by atoms with van der Waals surface area (Å²) in [6.45, 7) is 5.06. The molecule has 0 radical (unpaired) electrons. The van der Waals surface area contributed by atoms with Crippen molar-refractivity contribution < 1.29 is 0 Å². The summed E-state index contributed by atoms with van der Waals surface area (Å²) >= 11 is 0. The van der Waals surface area contributed by atoms with Gasteiger partial charge in [0, 0.05) is 43.8 Å². The molecule has 4 heteroatoms. The van der Waals surface area contributed by atoms with Gasteiger partial charge in [0.1, 0.15) is 5.82 Å². The van der Waals surface area contributed by atoms with Gasteiger partial charge in [-0.25, -0.2) is 4.98 Å². The number of anilines is 1. The fraction of sp³-hybridized carbons (Fsp3) is 0.412. The largest absolute Gasteiger partial charge is 0.357 e. The van der Waals surface area contributed by atoms with Crippen LogP contribution in [0, 0.1) is 6.92 Å². The van der Waals surface area contributed by atoms with Crippen molar-refractivity contribution in [2.24, 2.45) is 0 Å². The Labute approximate surface area is 126 Å². The second-order valence-electron chi connectivity index (χ2n) is 5.64. The predicted molar refractivity (Wildman–Crippen MR) is 85.3 cm³/mol. The first-order valence-electron chi connectivity index (χ1n) is 7.62. The summed E-state index contributed by atoms with van der Waals surface area (Å²) in [5.74, 6) is 1.10. The molecule has 1 aliphatic heterocycles. The maximum Gasteiger partial charge on any atom is 0.128 e. The molecule has 2 aromatic heterocycles. The number of piperidine rings is 1. The monoisotopic (exact) mass is 282 g/mol. The summed E-state index contributed by atoms with van der Waals surface area (Å²) in [6, 6.07) is 10.9. The molecule has 0 saturated carbocycles. The van der Waals surface area contributed by atoms with Gasteiger partial charge in [-0.05, 0) is 43.5 Å². The van der Waals surface area contributed by atoms with Crippen molar-refractivity contribution in [2.45, 2.75) is 32.4 Å². The lowest BCUT2D eigenvalue weighted by Gasteiger charge is -2.33. The molecule has 0 atom stereocenters. The van der Waals surface area contributed by atoms with E-state index in [4.69, 9.17) is 0 Å². The number of pyridine rings is 2. The van der Waals surface area contributed by atoms with Crippen LogP contribution < -0.4 is 10.2 Å². The first-order valence-corrected chi connectivity index (χ1v) is 7.62. The topological polar surface area (TPSA) is 41.0 Å². The van der Waals surface area contributed by atoms with Gasteiger partial charge < -0.3 is 10.2 Å². The highest BCUT2D eigenvalue weighted by Crippen LogP contribution is 2.17. The zero-order chi connectivity index (χ0) is 14.5. The third kappa shape index (κ3) is 3.79. The summed E-state index contributed by atoms with van der Waals surface area (Å²) in [5.41, 5.74) is 2.33. The Hall–Kier alpha value is -1.94. The minimum atomic E-state index is 0.589. The molecular formula is C17H22N4. The molecular weight excluding hydrogens is 260 g/mol. The van der Waals surface area contributed by atoms with E-state index in [2.05, 4.69) is 44.5 Å². The molecule has 0 bridgehead atoms. The maximum atomic E-state index is 4.43. The van der Waals surface area contributed by atoms with Crippen LogP contribution in [0.5, 0.6) is 0 Å². The summed E-state index contributed by atoms with van der Waals surface area (Å²) in [5, 5.41) is 3.64. The lowest BCUT2D eigenvalue weighted by atomic mass is 10.0. The van der Waals surface area contributed by atoms with Gasteiger partial charge in [-0.15, -0.1) is 0 Å². The number of aryl methyl sites for hydroxylation is 1. The van der Waals surface area contributed by atoms with Gasteiger partial charge in [-0.3, -0.25) is 4.98 Å². The van der Waals surface area contributed by atoms with Crippen LogP contribution in [0.2, 0.25) is 0 Å². The Bertz CT molecular complexity index is 545. The van der Waals surface area contributed by atoms with Crippen molar-refractivity contribution >= 4 is 5.82 Å². The van der Waals surface area contributed by atoms with E-state index < -0.39 is 0 Å². The molecule has 4 nitrogen and oxygen atoms in total. The van der Waals surface area contributed by atoms with Crippen LogP contribution >= 0.6 is 0 Å². The van der Waals surface area contributed by atoms with Crippen LogP contribution in [-0.2, 0) is 6.54 Å². The van der Waals surface area contributed by atoms with Crippen LogP contribution in [0.4, 0.5) is 5.82 Å². The highest BCUT2D eigenvalue weighted by atomic mass is 15.2. The molecule has 0 spiro atoms. The third-order valence-electron chi connectivity index (χ3n) is 4.04. The highest BCUT2D eigenvalue weighted by molar-refractivity contribution is 5.38. The van der Waals surface area contributed by atoms with Gasteiger partial charge in [0.25, 0.3) is 0 Å². The smallest absolute Gasteiger partial charge is 0.128 e. The van der Waals surface area contributed by atoms with Crippen molar-refractivity contribution in [2.75, 3.05) is 18.0 Å². The maximum absolute atomic E-state index is 4.43. The molecule has 21 heavy (non-hydrogen) atoms. The molecule has 3 rings (SSSR count). The molecule has 1 aliphatic rings. The molecule has 1 fully saturated rings. The molecule has 0 aromatic carbocycles. The summed E-state index contributed by atoms with van der Waals surface area (Å²) in [7, 11) is 0. The zero-order valence-electron chi connectivity index (χ0n) is 12.5. The fourth-order valence-electron chi connectivity index (χ4n) is 2.72. The van der Waals surface area contributed by atoms with E-state index in [0.29, 0.717) is 6.04 Å². The van der Waals surface area contributed by atoms with Gasteiger partial charge in [-0.1, -0.05) is 12.1 Å². The quantitative estimate of drug-likeness (QED) is 0.935. The molecule has 1 N–H and O–H groups in total. The molecule has 0 aliphatic carbocycles. The Morgan fingerprint density at radius 2 is 2.00 bits per heavy atom. The molecule has 0 amide bonds. The fourth-order valence-corrected chi connectivity index (χ4v) is 2.72.